The Morgan fingerprint density at radius 2 is 2.26 bits per heavy atom. The third-order valence-corrected chi connectivity index (χ3v) is 4.10. The van der Waals surface area contributed by atoms with E-state index in [9.17, 15) is 5.11 Å². The van der Waals surface area contributed by atoms with E-state index in [1.807, 2.05) is 0 Å². The SMILES string of the molecule is CC(C)NCc1ccc(N2CCCC(O)C2)c(Br)c1. The second kappa shape index (κ2) is 6.73. The molecule has 1 aromatic carbocycles. The van der Waals surface area contributed by atoms with Crippen molar-refractivity contribution in [2.45, 2.75) is 45.4 Å². The van der Waals surface area contributed by atoms with Gasteiger partial charge in [-0.1, -0.05) is 19.9 Å². The Morgan fingerprint density at radius 1 is 1.47 bits per heavy atom. The van der Waals surface area contributed by atoms with Crippen LogP contribution in [0.4, 0.5) is 5.69 Å². The molecule has 0 radical (unpaired) electrons. The molecule has 1 aliphatic rings. The molecule has 0 spiro atoms. The highest BCUT2D eigenvalue weighted by Crippen LogP contribution is 2.29. The van der Waals surface area contributed by atoms with Crippen molar-refractivity contribution in [3.63, 3.8) is 0 Å². The molecule has 1 saturated heterocycles. The van der Waals surface area contributed by atoms with Crippen molar-refractivity contribution in [3.05, 3.63) is 28.2 Å². The maximum atomic E-state index is 9.76. The molecule has 0 amide bonds. The van der Waals surface area contributed by atoms with E-state index in [2.05, 4.69) is 58.2 Å². The van der Waals surface area contributed by atoms with Crippen molar-refractivity contribution in [2.75, 3.05) is 18.0 Å². The number of aliphatic hydroxyl groups excluding tert-OH is 1. The van der Waals surface area contributed by atoms with Crippen LogP contribution >= 0.6 is 15.9 Å². The standard InChI is InChI=1S/C15H23BrN2O/c1-11(2)17-9-12-5-6-15(14(16)8-12)18-7-3-4-13(19)10-18/h5-6,8,11,13,17,19H,3-4,7,9-10H2,1-2H3. The summed E-state index contributed by atoms with van der Waals surface area (Å²) in [6, 6.07) is 6.98. The molecule has 106 valence electrons. The van der Waals surface area contributed by atoms with Crippen LogP contribution in [0.3, 0.4) is 0 Å². The molecule has 1 unspecified atom stereocenters. The van der Waals surface area contributed by atoms with Crippen LogP contribution in [0.15, 0.2) is 22.7 Å². The molecule has 1 aliphatic heterocycles. The van der Waals surface area contributed by atoms with Gasteiger partial charge in [0.25, 0.3) is 0 Å². The molecule has 0 aromatic heterocycles. The quantitative estimate of drug-likeness (QED) is 0.893. The Bertz CT molecular complexity index is 423. The summed E-state index contributed by atoms with van der Waals surface area (Å²) >= 11 is 3.66. The number of piperidine rings is 1. The number of anilines is 1. The van der Waals surface area contributed by atoms with Crippen LogP contribution in [0.5, 0.6) is 0 Å². The van der Waals surface area contributed by atoms with Gasteiger partial charge in [0.1, 0.15) is 0 Å². The van der Waals surface area contributed by atoms with Gasteiger partial charge >= 0.3 is 0 Å². The number of nitrogens with one attached hydrogen (secondary N) is 1. The Labute approximate surface area is 124 Å². The fourth-order valence-corrected chi connectivity index (χ4v) is 3.09. The van der Waals surface area contributed by atoms with Gasteiger partial charge in [0.2, 0.25) is 0 Å². The lowest BCUT2D eigenvalue weighted by Gasteiger charge is -2.32. The van der Waals surface area contributed by atoms with Crippen molar-refractivity contribution >= 4 is 21.6 Å². The predicted molar refractivity (Wildman–Crippen MR) is 83.6 cm³/mol. The maximum absolute atomic E-state index is 9.76. The molecular weight excluding hydrogens is 304 g/mol. The minimum atomic E-state index is -0.192. The number of hydrogen-bond acceptors (Lipinski definition) is 3. The molecule has 1 heterocycles. The number of β-amino-alcohol motifs (C(OH)–C–C–N with tert-alkyl or cyclic N) is 1. The van der Waals surface area contributed by atoms with Gasteiger partial charge in [0.05, 0.1) is 11.8 Å². The van der Waals surface area contributed by atoms with Crippen LogP contribution in [-0.2, 0) is 6.54 Å². The fraction of sp³-hybridized carbons (Fsp3) is 0.600. The number of aliphatic hydroxyl groups is 1. The van der Waals surface area contributed by atoms with E-state index in [-0.39, 0.29) is 6.10 Å². The zero-order chi connectivity index (χ0) is 13.8. The van der Waals surface area contributed by atoms with Crippen molar-refractivity contribution in [3.8, 4) is 0 Å². The highest BCUT2D eigenvalue weighted by atomic mass is 79.9. The second-order valence-corrected chi connectivity index (χ2v) is 6.42. The Balaban J connectivity index is 2.06. The average molecular weight is 327 g/mol. The van der Waals surface area contributed by atoms with Crippen molar-refractivity contribution < 1.29 is 5.11 Å². The van der Waals surface area contributed by atoms with Gasteiger partial charge in [0, 0.05) is 30.1 Å². The Morgan fingerprint density at radius 3 is 2.89 bits per heavy atom. The molecule has 2 N–H and O–H groups in total. The molecule has 0 saturated carbocycles. The first-order valence-corrected chi connectivity index (χ1v) is 7.80. The summed E-state index contributed by atoms with van der Waals surface area (Å²) in [7, 11) is 0. The van der Waals surface area contributed by atoms with Crippen molar-refractivity contribution in [1.29, 1.82) is 0 Å². The average Bonchev–Trinajstić information content (AvgIpc) is 2.36. The van der Waals surface area contributed by atoms with Gasteiger partial charge in [-0.3, -0.25) is 0 Å². The topological polar surface area (TPSA) is 35.5 Å². The molecule has 0 aliphatic carbocycles. The lowest BCUT2D eigenvalue weighted by Crippen LogP contribution is -2.38. The highest BCUT2D eigenvalue weighted by molar-refractivity contribution is 9.10. The molecular formula is C15H23BrN2O. The van der Waals surface area contributed by atoms with E-state index in [1.54, 1.807) is 0 Å². The largest absolute Gasteiger partial charge is 0.391 e. The molecule has 1 aromatic rings. The van der Waals surface area contributed by atoms with Crippen LogP contribution in [0.25, 0.3) is 0 Å². The first-order valence-electron chi connectivity index (χ1n) is 7.01. The third-order valence-electron chi connectivity index (χ3n) is 3.46. The lowest BCUT2D eigenvalue weighted by molar-refractivity contribution is 0.154. The summed E-state index contributed by atoms with van der Waals surface area (Å²) in [5, 5.41) is 13.2. The van der Waals surface area contributed by atoms with Crippen LogP contribution in [0.2, 0.25) is 0 Å². The third kappa shape index (κ3) is 4.20. The minimum Gasteiger partial charge on any atom is -0.391 e. The van der Waals surface area contributed by atoms with Gasteiger partial charge < -0.3 is 15.3 Å². The number of rotatable bonds is 4. The van der Waals surface area contributed by atoms with E-state index < -0.39 is 0 Å². The molecule has 19 heavy (non-hydrogen) atoms. The minimum absolute atomic E-state index is 0.192. The molecule has 1 fully saturated rings. The van der Waals surface area contributed by atoms with Gasteiger partial charge in [0.15, 0.2) is 0 Å². The number of hydrogen-bond donors (Lipinski definition) is 2. The first kappa shape index (κ1) is 14.8. The smallest absolute Gasteiger partial charge is 0.0715 e. The fourth-order valence-electron chi connectivity index (χ4n) is 2.41. The van der Waals surface area contributed by atoms with E-state index >= 15 is 0 Å². The summed E-state index contributed by atoms with van der Waals surface area (Å²) in [4.78, 5) is 2.26. The van der Waals surface area contributed by atoms with Crippen molar-refractivity contribution in [2.24, 2.45) is 0 Å². The number of benzene rings is 1. The summed E-state index contributed by atoms with van der Waals surface area (Å²) in [6.45, 7) is 6.96. The maximum Gasteiger partial charge on any atom is 0.0715 e. The van der Waals surface area contributed by atoms with Crippen LogP contribution in [0.1, 0.15) is 32.3 Å². The summed E-state index contributed by atoms with van der Waals surface area (Å²) < 4.78 is 1.12. The molecule has 3 nitrogen and oxygen atoms in total. The van der Waals surface area contributed by atoms with Gasteiger partial charge in [-0.05, 0) is 46.5 Å². The number of halogens is 1. The molecule has 4 heteroatoms. The highest BCUT2D eigenvalue weighted by Gasteiger charge is 2.19. The normalized spacial score (nSPS) is 20.1. The number of nitrogens with zero attached hydrogens (tertiary/aromatic N) is 1. The van der Waals surface area contributed by atoms with Gasteiger partial charge in [-0.15, -0.1) is 0 Å². The summed E-state index contributed by atoms with van der Waals surface area (Å²) in [5.41, 5.74) is 2.47. The molecule has 2 rings (SSSR count). The summed E-state index contributed by atoms with van der Waals surface area (Å²) in [6.07, 6.45) is 1.79. The van der Waals surface area contributed by atoms with E-state index in [0.29, 0.717) is 6.04 Å². The summed E-state index contributed by atoms with van der Waals surface area (Å²) in [5.74, 6) is 0. The van der Waals surface area contributed by atoms with Crippen molar-refractivity contribution in [1.82, 2.24) is 5.32 Å². The zero-order valence-electron chi connectivity index (χ0n) is 11.7. The van der Waals surface area contributed by atoms with Crippen LogP contribution in [0, 0.1) is 0 Å². The van der Waals surface area contributed by atoms with E-state index in [1.165, 1.54) is 11.3 Å². The van der Waals surface area contributed by atoms with Gasteiger partial charge in [-0.25, -0.2) is 0 Å². The Kier molecular flexibility index (Phi) is 5.25. The molecule has 0 bridgehead atoms. The first-order chi connectivity index (χ1) is 9.06. The zero-order valence-corrected chi connectivity index (χ0v) is 13.3. The van der Waals surface area contributed by atoms with Gasteiger partial charge in [-0.2, -0.15) is 0 Å². The lowest BCUT2D eigenvalue weighted by atomic mass is 10.1. The Hall–Kier alpha value is -0.580. The van der Waals surface area contributed by atoms with E-state index in [4.69, 9.17) is 0 Å². The monoisotopic (exact) mass is 326 g/mol. The van der Waals surface area contributed by atoms with Crippen LogP contribution < -0.4 is 10.2 Å². The molecule has 1 atom stereocenters. The predicted octanol–water partition coefficient (Wildman–Crippen LogP) is 2.91. The second-order valence-electron chi connectivity index (χ2n) is 5.56. The van der Waals surface area contributed by atoms with E-state index in [0.717, 1.165) is 36.9 Å². The van der Waals surface area contributed by atoms with Crippen LogP contribution in [-0.4, -0.2) is 30.3 Å².